The summed E-state index contributed by atoms with van der Waals surface area (Å²) in [5.41, 5.74) is 0.774. The quantitative estimate of drug-likeness (QED) is 0.182. The van der Waals surface area contributed by atoms with Crippen molar-refractivity contribution in [1.82, 2.24) is 20.4 Å². The van der Waals surface area contributed by atoms with Gasteiger partial charge in [-0.05, 0) is 48.9 Å². The van der Waals surface area contributed by atoms with E-state index >= 15 is 0 Å². The number of carbonyl (C=O) groups excluding carboxylic acids is 3. The lowest BCUT2D eigenvalue weighted by atomic mass is 9.90. The lowest BCUT2D eigenvalue weighted by Gasteiger charge is -2.38. The number of alkyl carbamates (subject to hydrolysis) is 1. The van der Waals surface area contributed by atoms with E-state index in [1.807, 2.05) is 12.1 Å². The third-order valence-electron chi connectivity index (χ3n) is 8.30. The van der Waals surface area contributed by atoms with E-state index in [1.165, 1.54) is 12.0 Å². The van der Waals surface area contributed by atoms with Crippen LogP contribution in [0.1, 0.15) is 30.9 Å². The first-order valence-corrected chi connectivity index (χ1v) is 20.4. The van der Waals surface area contributed by atoms with E-state index in [0.717, 1.165) is 24.4 Å². The van der Waals surface area contributed by atoms with Crippen LogP contribution >= 0.6 is 11.6 Å². The maximum absolute atomic E-state index is 13.7. The minimum Gasteiger partial charge on any atom is -0.453 e. The second-order valence-corrected chi connectivity index (χ2v) is 19.4. The van der Waals surface area contributed by atoms with Crippen LogP contribution in [0.5, 0.6) is 0 Å². The van der Waals surface area contributed by atoms with Crippen molar-refractivity contribution in [1.29, 1.82) is 0 Å². The average molecular weight is 701 g/mol. The van der Waals surface area contributed by atoms with Gasteiger partial charge in [0.2, 0.25) is 0 Å². The van der Waals surface area contributed by atoms with Crippen molar-refractivity contribution >= 4 is 37.9 Å². The number of nitrogens with zero attached hydrogens (tertiary/aromatic N) is 2. The Morgan fingerprint density at radius 1 is 1.17 bits per heavy atom. The Hall–Kier alpha value is -2.62. The molecule has 1 aromatic carbocycles. The molecule has 15 heteroatoms. The Morgan fingerprint density at radius 2 is 1.91 bits per heavy atom. The highest BCUT2D eigenvalue weighted by molar-refractivity contribution is 6.76. The highest BCUT2D eigenvalue weighted by Gasteiger charge is 2.35. The number of carbonyl (C=O) groups is 3. The first-order chi connectivity index (χ1) is 22.4. The van der Waals surface area contributed by atoms with Gasteiger partial charge in [-0.15, -0.1) is 0 Å². The van der Waals surface area contributed by atoms with Crippen LogP contribution in [0, 0.1) is 5.92 Å². The highest BCUT2D eigenvalue weighted by Crippen LogP contribution is 2.29. The van der Waals surface area contributed by atoms with Crippen LogP contribution in [0.3, 0.4) is 0 Å². The van der Waals surface area contributed by atoms with Gasteiger partial charge in [0.1, 0.15) is 12.2 Å². The molecule has 3 rings (SSSR count). The number of aliphatic hydroxyl groups is 1. The third kappa shape index (κ3) is 13.8. The van der Waals surface area contributed by atoms with Gasteiger partial charge in [-0.1, -0.05) is 43.4 Å². The summed E-state index contributed by atoms with van der Waals surface area (Å²) in [5.74, 6) is 0.259. The Kier molecular flexibility index (Phi) is 16.0. The zero-order valence-electron chi connectivity index (χ0n) is 28.4. The highest BCUT2D eigenvalue weighted by atomic mass is 35.5. The molecule has 0 bridgehead atoms. The molecule has 266 valence electrons. The van der Waals surface area contributed by atoms with Crippen molar-refractivity contribution in [3.8, 4) is 0 Å². The zero-order valence-corrected chi connectivity index (χ0v) is 30.1. The van der Waals surface area contributed by atoms with Gasteiger partial charge in [-0.25, -0.2) is 14.4 Å². The van der Waals surface area contributed by atoms with Crippen molar-refractivity contribution in [3.05, 3.63) is 34.9 Å². The predicted octanol–water partition coefficient (Wildman–Crippen LogP) is 4.12. The summed E-state index contributed by atoms with van der Waals surface area (Å²) in [4.78, 5) is 40.9. The van der Waals surface area contributed by atoms with Gasteiger partial charge in [-0.2, -0.15) is 0 Å². The van der Waals surface area contributed by atoms with E-state index in [1.54, 1.807) is 24.1 Å². The number of ether oxygens (including phenoxy) is 5. The summed E-state index contributed by atoms with van der Waals surface area (Å²) in [5, 5.41) is 17.5. The van der Waals surface area contributed by atoms with Crippen LogP contribution in [0.4, 0.5) is 14.4 Å². The van der Waals surface area contributed by atoms with Crippen LogP contribution in [0.15, 0.2) is 24.3 Å². The molecule has 0 radical (unpaired) electrons. The maximum atomic E-state index is 13.7. The number of halogens is 1. The van der Waals surface area contributed by atoms with Crippen LogP contribution < -0.4 is 10.6 Å². The van der Waals surface area contributed by atoms with Gasteiger partial charge in [0.15, 0.2) is 0 Å². The molecule has 2 fully saturated rings. The lowest BCUT2D eigenvalue weighted by Crippen LogP contribution is -2.56. The fourth-order valence-corrected chi connectivity index (χ4v) is 6.41. The molecule has 4 amide bonds. The summed E-state index contributed by atoms with van der Waals surface area (Å²) in [6, 6.07) is 7.15. The summed E-state index contributed by atoms with van der Waals surface area (Å²) in [7, 11) is 1.51. The number of aliphatic hydroxyl groups excluding tert-OH is 1. The van der Waals surface area contributed by atoms with E-state index < -0.39 is 44.6 Å². The largest absolute Gasteiger partial charge is 0.453 e. The van der Waals surface area contributed by atoms with Gasteiger partial charge in [0, 0.05) is 46.4 Å². The number of rotatable bonds is 15. The summed E-state index contributed by atoms with van der Waals surface area (Å²) >= 11 is 6.29. The molecular weight excluding hydrogens is 648 g/mol. The number of morpholine rings is 1. The average Bonchev–Trinajstić information content (AvgIpc) is 3.04. The molecule has 13 nitrogen and oxygen atoms in total. The maximum Gasteiger partial charge on any atom is 0.409 e. The van der Waals surface area contributed by atoms with Crippen molar-refractivity contribution in [3.63, 3.8) is 0 Å². The molecular formula is C32H53ClN4O9Si. The smallest absolute Gasteiger partial charge is 0.409 e. The number of methoxy groups -OCH3 is 1. The second kappa shape index (κ2) is 19.4. The van der Waals surface area contributed by atoms with Crippen LogP contribution in [0.25, 0.3) is 0 Å². The first-order valence-electron chi connectivity index (χ1n) is 16.4. The molecule has 2 unspecified atom stereocenters. The fraction of sp³-hybridized carbons (Fsp3) is 0.719. The van der Waals surface area contributed by atoms with Gasteiger partial charge in [0.05, 0.1) is 52.2 Å². The molecule has 2 aliphatic rings. The molecule has 4 atom stereocenters. The number of benzene rings is 1. The van der Waals surface area contributed by atoms with Crippen molar-refractivity contribution in [2.45, 2.75) is 69.3 Å². The standard InChI is InChI=1S/C32H53ClN4O9Si/c1-36(32(41)46-17-18-47(3,4)5)21-27(38)26(19-23-9-13-43-14-10-23)35-30(39)37-12-16-44-28(22-37)29(24-7-6-8-25(33)20-24)45-15-11-34-31(40)42-2/h6-8,20,23,26-29,38H,9-19,21-22H2,1-5H3,(H,34,40)(H,35,39)/t26?,27-,28+,29?/m1/s1. The van der Waals surface area contributed by atoms with Gasteiger partial charge in [0.25, 0.3) is 0 Å². The molecule has 0 aliphatic carbocycles. The van der Waals surface area contributed by atoms with Crippen LogP contribution in [-0.2, 0) is 23.7 Å². The number of hydrogen-bond donors (Lipinski definition) is 3. The van der Waals surface area contributed by atoms with E-state index in [-0.39, 0.29) is 44.8 Å². The molecule has 0 spiro atoms. The first kappa shape index (κ1) is 38.8. The molecule has 2 aliphatic heterocycles. The SMILES string of the molecule is COC(=O)NCCOC(c1cccc(Cl)c1)[C@@H]1CN(C(=O)NC(CC2CCOCC2)[C@H](O)CN(C)C(=O)OCC[Si](C)(C)C)CCO1. The van der Waals surface area contributed by atoms with E-state index in [4.69, 9.17) is 30.5 Å². The molecule has 2 saturated heterocycles. The molecule has 0 saturated carbocycles. The summed E-state index contributed by atoms with van der Waals surface area (Å²) in [6.07, 6.45) is -0.971. The van der Waals surface area contributed by atoms with Crippen molar-refractivity contribution in [2.24, 2.45) is 5.92 Å². The third-order valence-corrected chi connectivity index (χ3v) is 10.2. The molecule has 2 heterocycles. The molecule has 47 heavy (non-hydrogen) atoms. The lowest BCUT2D eigenvalue weighted by molar-refractivity contribution is -0.105. The number of amides is 4. The summed E-state index contributed by atoms with van der Waals surface area (Å²) < 4.78 is 27.9. The number of nitrogens with one attached hydrogen (secondary N) is 2. The molecule has 0 aromatic heterocycles. The second-order valence-electron chi connectivity index (χ2n) is 13.3. The Balaban J connectivity index is 1.67. The summed E-state index contributed by atoms with van der Waals surface area (Å²) in [6.45, 7) is 9.49. The fourth-order valence-electron chi connectivity index (χ4n) is 5.50. The Labute approximate surface area is 284 Å². The zero-order chi connectivity index (χ0) is 34.4. The monoisotopic (exact) mass is 700 g/mol. The van der Waals surface area contributed by atoms with Gasteiger partial charge in [-0.3, -0.25) is 0 Å². The normalized spacial score (nSPS) is 19.3. The Bertz CT molecular complexity index is 1140. The Morgan fingerprint density at radius 3 is 2.60 bits per heavy atom. The van der Waals surface area contributed by atoms with Crippen LogP contribution in [-0.4, -0.2) is 133 Å². The van der Waals surface area contributed by atoms with Gasteiger partial charge < -0.3 is 49.2 Å². The van der Waals surface area contributed by atoms with Crippen molar-refractivity contribution in [2.75, 3.05) is 73.4 Å². The van der Waals surface area contributed by atoms with E-state index in [9.17, 15) is 19.5 Å². The predicted molar refractivity (Wildman–Crippen MR) is 180 cm³/mol. The minimum absolute atomic E-state index is 0.00989. The van der Waals surface area contributed by atoms with Crippen LogP contribution in [0.2, 0.25) is 30.7 Å². The van der Waals surface area contributed by atoms with Crippen molar-refractivity contribution < 1.29 is 43.2 Å². The van der Waals surface area contributed by atoms with E-state index in [2.05, 4.69) is 35.0 Å². The van der Waals surface area contributed by atoms with Gasteiger partial charge >= 0.3 is 18.2 Å². The number of likely N-dealkylation sites (N-methyl/N-ethyl adjacent to an activating group) is 1. The number of urea groups is 1. The van der Waals surface area contributed by atoms with E-state index in [0.29, 0.717) is 37.8 Å². The minimum atomic E-state index is -1.37. The number of hydrogen-bond acceptors (Lipinski definition) is 9. The molecule has 1 aromatic rings. The topological polar surface area (TPSA) is 148 Å². The molecule has 3 N–H and O–H groups in total.